The molecular formula is C32H61NO. The van der Waals surface area contributed by atoms with Gasteiger partial charge < -0.3 is 10.1 Å². The molecule has 2 nitrogen and oxygen atoms in total. The summed E-state index contributed by atoms with van der Waals surface area (Å²) < 4.78 is 0. The minimum Gasteiger partial charge on any atom is -0.382 e. The Balaban J connectivity index is 3.70. The average molecular weight is 476 g/mol. The van der Waals surface area contributed by atoms with Gasteiger partial charge in [0.1, 0.15) is 5.78 Å². The van der Waals surface area contributed by atoms with Gasteiger partial charge in [-0.2, -0.15) is 0 Å². The van der Waals surface area contributed by atoms with Crippen LogP contribution in [0.25, 0.3) is 0 Å². The Labute approximate surface area is 214 Å². The molecule has 2 heteroatoms. The Bertz CT molecular complexity index is 495. The van der Waals surface area contributed by atoms with Crippen LogP contribution in [-0.2, 0) is 4.79 Å². The quantitative estimate of drug-likeness (QED) is 0.0945. The SMILES string of the molecule is C=C(CCCCCCCCCCCCCCCCCC)NC(CCC(C)=O)C(=C)CCCCC. The number of ketones is 1. The monoisotopic (exact) mass is 475 g/mol. The largest absolute Gasteiger partial charge is 0.382 e. The molecule has 200 valence electrons. The van der Waals surface area contributed by atoms with Crippen LogP contribution < -0.4 is 5.32 Å². The summed E-state index contributed by atoms with van der Waals surface area (Å²) in [5, 5.41) is 3.61. The lowest BCUT2D eigenvalue weighted by atomic mass is 9.96. The molecule has 0 aromatic carbocycles. The van der Waals surface area contributed by atoms with Gasteiger partial charge >= 0.3 is 0 Å². The number of hydrogen-bond acceptors (Lipinski definition) is 2. The van der Waals surface area contributed by atoms with E-state index in [1.54, 1.807) is 6.92 Å². The van der Waals surface area contributed by atoms with Crippen LogP contribution in [0.15, 0.2) is 24.4 Å². The van der Waals surface area contributed by atoms with E-state index in [9.17, 15) is 4.79 Å². The van der Waals surface area contributed by atoms with Crippen molar-refractivity contribution in [1.29, 1.82) is 0 Å². The summed E-state index contributed by atoms with van der Waals surface area (Å²) in [5.41, 5.74) is 2.36. The predicted octanol–water partition coefficient (Wildman–Crippen LogP) is 10.6. The molecule has 0 amide bonds. The molecule has 0 aromatic heterocycles. The zero-order valence-electron chi connectivity index (χ0n) is 23.7. The van der Waals surface area contributed by atoms with Crippen LogP contribution in [0.1, 0.15) is 168 Å². The summed E-state index contributed by atoms with van der Waals surface area (Å²) in [6.07, 6.45) is 29.6. The van der Waals surface area contributed by atoms with Crippen molar-refractivity contribution in [2.75, 3.05) is 0 Å². The fourth-order valence-electron chi connectivity index (χ4n) is 4.71. The van der Waals surface area contributed by atoms with Crippen LogP contribution in [0.2, 0.25) is 0 Å². The van der Waals surface area contributed by atoms with Gasteiger partial charge in [0.05, 0.1) is 0 Å². The maximum absolute atomic E-state index is 11.5. The normalized spacial score (nSPS) is 12.0. The van der Waals surface area contributed by atoms with Gasteiger partial charge in [-0.05, 0) is 39.0 Å². The average Bonchev–Trinajstić information content (AvgIpc) is 2.81. The summed E-state index contributed by atoms with van der Waals surface area (Å²) in [6, 6.07) is 0.203. The third-order valence-electron chi connectivity index (χ3n) is 7.09. The Hall–Kier alpha value is -1.05. The maximum Gasteiger partial charge on any atom is 0.129 e. The summed E-state index contributed by atoms with van der Waals surface area (Å²) in [5.74, 6) is 0.261. The van der Waals surface area contributed by atoms with Crippen LogP contribution in [0.4, 0.5) is 0 Å². The molecule has 0 bridgehead atoms. The van der Waals surface area contributed by atoms with Crippen molar-refractivity contribution >= 4 is 5.78 Å². The number of hydrogen-bond donors (Lipinski definition) is 1. The molecule has 0 aliphatic carbocycles. The number of unbranched alkanes of at least 4 members (excludes halogenated alkanes) is 17. The Morgan fingerprint density at radius 1 is 0.588 bits per heavy atom. The number of carbonyl (C=O) groups is 1. The lowest BCUT2D eigenvalue weighted by Gasteiger charge is -2.23. The number of nitrogens with one attached hydrogen (secondary N) is 1. The van der Waals surface area contributed by atoms with Gasteiger partial charge in [0.15, 0.2) is 0 Å². The zero-order valence-corrected chi connectivity index (χ0v) is 23.7. The highest BCUT2D eigenvalue weighted by molar-refractivity contribution is 5.75. The van der Waals surface area contributed by atoms with Crippen molar-refractivity contribution in [3.8, 4) is 0 Å². The standard InChI is InChI=1S/C32H61NO/c1-6-8-10-11-12-13-14-15-16-17-18-19-20-21-22-24-26-30(4)33-32(28-27-31(5)34)29(3)25-23-9-7-2/h32-33H,3-4,6-28H2,1-2,5H3. The first-order valence-corrected chi connectivity index (χ1v) is 15.1. The molecule has 0 heterocycles. The van der Waals surface area contributed by atoms with Gasteiger partial charge in [0, 0.05) is 18.2 Å². The first kappa shape index (κ1) is 33.0. The molecule has 1 N–H and O–H groups in total. The van der Waals surface area contributed by atoms with Crippen molar-refractivity contribution in [1.82, 2.24) is 5.32 Å². The zero-order chi connectivity index (χ0) is 25.3. The molecular weight excluding hydrogens is 414 g/mol. The Morgan fingerprint density at radius 2 is 0.971 bits per heavy atom. The Kier molecular flexibility index (Phi) is 24.3. The van der Waals surface area contributed by atoms with E-state index in [2.05, 4.69) is 32.3 Å². The van der Waals surface area contributed by atoms with E-state index in [-0.39, 0.29) is 11.8 Å². The van der Waals surface area contributed by atoms with E-state index in [0.29, 0.717) is 6.42 Å². The number of allylic oxidation sites excluding steroid dienone is 1. The molecule has 0 rings (SSSR count). The molecule has 1 atom stereocenters. The topological polar surface area (TPSA) is 29.1 Å². The van der Waals surface area contributed by atoms with Crippen molar-refractivity contribution in [2.45, 2.75) is 174 Å². The number of Topliss-reactive ketones (excluding diaryl/α,β-unsaturated/α-hetero) is 1. The summed E-state index contributed by atoms with van der Waals surface area (Å²) >= 11 is 0. The molecule has 1 unspecified atom stereocenters. The molecule has 0 aliphatic rings. The highest BCUT2D eigenvalue weighted by Crippen LogP contribution is 2.18. The van der Waals surface area contributed by atoms with Gasteiger partial charge in [-0.15, -0.1) is 0 Å². The summed E-state index contributed by atoms with van der Waals surface area (Å²) in [6.45, 7) is 14.8. The van der Waals surface area contributed by atoms with Crippen molar-refractivity contribution in [2.24, 2.45) is 0 Å². The second kappa shape index (κ2) is 25.1. The van der Waals surface area contributed by atoms with Crippen molar-refractivity contribution in [3.63, 3.8) is 0 Å². The second-order valence-electron chi connectivity index (χ2n) is 10.7. The highest BCUT2D eigenvalue weighted by atomic mass is 16.1. The molecule has 0 saturated carbocycles. The van der Waals surface area contributed by atoms with Crippen LogP contribution >= 0.6 is 0 Å². The number of carbonyl (C=O) groups excluding carboxylic acids is 1. The number of rotatable bonds is 27. The molecule has 0 aliphatic heterocycles. The third kappa shape index (κ3) is 22.7. The second-order valence-corrected chi connectivity index (χ2v) is 10.7. The fraction of sp³-hybridized carbons (Fsp3) is 0.844. The lowest BCUT2D eigenvalue weighted by Crippen LogP contribution is -2.30. The molecule has 0 radical (unpaired) electrons. The first-order chi connectivity index (χ1) is 16.5. The third-order valence-corrected chi connectivity index (χ3v) is 7.09. The van der Waals surface area contributed by atoms with Gasteiger partial charge in [-0.1, -0.05) is 142 Å². The van der Waals surface area contributed by atoms with Gasteiger partial charge in [0.25, 0.3) is 0 Å². The van der Waals surface area contributed by atoms with E-state index in [4.69, 9.17) is 0 Å². The van der Waals surface area contributed by atoms with Crippen LogP contribution in [0.5, 0.6) is 0 Å². The maximum atomic E-state index is 11.5. The molecule has 0 fully saturated rings. The van der Waals surface area contributed by atoms with E-state index < -0.39 is 0 Å². The minimum atomic E-state index is 0.203. The van der Waals surface area contributed by atoms with E-state index in [1.165, 1.54) is 128 Å². The summed E-state index contributed by atoms with van der Waals surface area (Å²) in [4.78, 5) is 11.5. The fourth-order valence-corrected chi connectivity index (χ4v) is 4.71. The predicted molar refractivity (Wildman–Crippen MR) is 153 cm³/mol. The smallest absolute Gasteiger partial charge is 0.129 e. The van der Waals surface area contributed by atoms with E-state index >= 15 is 0 Å². The van der Waals surface area contributed by atoms with Gasteiger partial charge in [-0.25, -0.2) is 0 Å². The van der Waals surface area contributed by atoms with Crippen molar-refractivity contribution < 1.29 is 4.79 Å². The highest BCUT2D eigenvalue weighted by Gasteiger charge is 2.14. The minimum absolute atomic E-state index is 0.203. The Morgan fingerprint density at radius 3 is 1.41 bits per heavy atom. The van der Waals surface area contributed by atoms with E-state index in [1.807, 2.05) is 0 Å². The van der Waals surface area contributed by atoms with Gasteiger partial charge in [0.2, 0.25) is 0 Å². The molecule has 0 spiro atoms. The molecule has 34 heavy (non-hydrogen) atoms. The van der Waals surface area contributed by atoms with Crippen molar-refractivity contribution in [3.05, 3.63) is 24.4 Å². The van der Waals surface area contributed by atoms with Crippen LogP contribution in [0, 0.1) is 0 Å². The summed E-state index contributed by atoms with van der Waals surface area (Å²) in [7, 11) is 0. The lowest BCUT2D eigenvalue weighted by molar-refractivity contribution is -0.117. The first-order valence-electron chi connectivity index (χ1n) is 15.1. The van der Waals surface area contributed by atoms with E-state index in [0.717, 1.165) is 25.0 Å². The van der Waals surface area contributed by atoms with Crippen LogP contribution in [-0.4, -0.2) is 11.8 Å². The molecule has 0 aromatic rings. The molecule has 0 saturated heterocycles. The van der Waals surface area contributed by atoms with Gasteiger partial charge in [-0.3, -0.25) is 0 Å². The van der Waals surface area contributed by atoms with Crippen LogP contribution in [0.3, 0.4) is 0 Å².